The van der Waals surface area contributed by atoms with E-state index in [1.54, 1.807) is 44.4 Å². The molecule has 2 aromatic rings. The second-order valence-corrected chi connectivity index (χ2v) is 11.7. The fourth-order valence-corrected chi connectivity index (χ4v) is 6.80. The number of hydrogen-bond acceptors (Lipinski definition) is 11. The topological polar surface area (TPSA) is 217 Å². The zero-order valence-electron chi connectivity index (χ0n) is 24.8. The molecule has 13 heteroatoms. The molecule has 0 aromatic heterocycles. The van der Waals surface area contributed by atoms with Gasteiger partial charge in [-0.05, 0) is 67.7 Å². The average Bonchev–Trinajstić information content (AvgIpc) is 2.98. The summed E-state index contributed by atoms with van der Waals surface area (Å²) in [4.78, 5) is 64.5. The van der Waals surface area contributed by atoms with Crippen molar-refractivity contribution >= 4 is 35.0 Å². The van der Waals surface area contributed by atoms with E-state index in [1.807, 2.05) is 0 Å². The van der Waals surface area contributed by atoms with E-state index < -0.39 is 64.0 Å². The van der Waals surface area contributed by atoms with E-state index in [0.29, 0.717) is 22.4 Å². The van der Waals surface area contributed by atoms with Crippen molar-refractivity contribution in [2.24, 2.45) is 17.6 Å². The number of primary amides is 1. The standard InChI is InChI=1S/C32H33N3O10/c1-35(2)26-19-13-15-12-18-17(14-4-6-16(7-5-14)34-21(37)10-11-22(38)45-3)8-9-20(36)24(18)27(39)23(15)29(41)32(19,44)30(42)25(28(26)40)31(33)43/h4-9,15,19,26,36,40-41,44H,10-13H2,1-3H3,(H2,33,43)(H,34,37)/t15-,19-,26-,32-/m1/s1. The van der Waals surface area contributed by atoms with Crippen LogP contribution in [0.25, 0.3) is 11.1 Å². The second-order valence-electron chi connectivity index (χ2n) is 11.7. The van der Waals surface area contributed by atoms with E-state index in [9.17, 15) is 44.4 Å². The molecule has 0 saturated heterocycles. The quantitative estimate of drug-likeness (QED) is 0.194. The lowest BCUT2D eigenvalue weighted by molar-refractivity contribution is -0.148. The number of fused-ring (bicyclic) bond motifs is 3. The summed E-state index contributed by atoms with van der Waals surface area (Å²) in [5.74, 6) is -8.03. The number of carbonyl (C=O) groups is 5. The van der Waals surface area contributed by atoms with E-state index in [1.165, 1.54) is 18.1 Å². The Morgan fingerprint density at radius 2 is 1.71 bits per heavy atom. The summed E-state index contributed by atoms with van der Waals surface area (Å²) in [7, 11) is 4.37. The van der Waals surface area contributed by atoms with Gasteiger partial charge in [0.2, 0.25) is 11.7 Å². The molecule has 0 bridgehead atoms. The first-order chi connectivity index (χ1) is 21.2. The van der Waals surface area contributed by atoms with Crippen molar-refractivity contribution in [3.05, 3.63) is 70.2 Å². The molecule has 3 aliphatic rings. The van der Waals surface area contributed by atoms with Gasteiger partial charge in [-0.25, -0.2) is 0 Å². The van der Waals surface area contributed by atoms with Crippen molar-refractivity contribution in [1.29, 1.82) is 0 Å². The molecule has 2 aromatic carbocycles. The number of likely N-dealkylation sites (N-methyl/N-ethyl adjacent to an activating group) is 1. The highest BCUT2D eigenvalue weighted by atomic mass is 16.5. The van der Waals surface area contributed by atoms with Crippen molar-refractivity contribution in [2.45, 2.75) is 37.3 Å². The number of allylic oxidation sites excluding steroid dienone is 1. The molecule has 0 fully saturated rings. The van der Waals surface area contributed by atoms with Crippen molar-refractivity contribution in [2.75, 3.05) is 26.5 Å². The highest BCUT2D eigenvalue weighted by Crippen LogP contribution is 2.53. The zero-order valence-corrected chi connectivity index (χ0v) is 24.8. The minimum atomic E-state index is -2.71. The molecule has 236 valence electrons. The lowest BCUT2D eigenvalue weighted by Gasteiger charge is -2.50. The van der Waals surface area contributed by atoms with Crippen LogP contribution in [-0.2, 0) is 30.3 Å². The molecule has 0 unspecified atom stereocenters. The van der Waals surface area contributed by atoms with E-state index in [0.717, 1.165) is 0 Å². The van der Waals surface area contributed by atoms with Gasteiger partial charge in [-0.3, -0.25) is 28.9 Å². The SMILES string of the molecule is COC(=O)CCC(=O)Nc1ccc(-c2ccc(O)c3c2C[C@@H]2C[C@@H]4[C@@H](N(C)C)C(O)=C(C(N)=O)C(=O)[C@]4(O)C(O)=C2C3=O)cc1. The first-order valence-corrected chi connectivity index (χ1v) is 14.2. The normalized spacial score (nSPS) is 24.2. The van der Waals surface area contributed by atoms with Crippen LogP contribution in [0.15, 0.2) is 59.1 Å². The largest absolute Gasteiger partial charge is 0.510 e. The summed E-state index contributed by atoms with van der Waals surface area (Å²) < 4.78 is 4.55. The number of ether oxygens (including phenoxy) is 1. The Morgan fingerprint density at radius 1 is 1.04 bits per heavy atom. The Balaban J connectivity index is 1.53. The molecule has 0 heterocycles. The van der Waals surface area contributed by atoms with Gasteiger partial charge in [0.25, 0.3) is 5.91 Å². The molecule has 3 aliphatic carbocycles. The van der Waals surface area contributed by atoms with Gasteiger partial charge < -0.3 is 36.2 Å². The summed E-state index contributed by atoms with van der Waals surface area (Å²) in [6, 6.07) is 8.60. The molecule has 7 N–H and O–H groups in total. The van der Waals surface area contributed by atoms with Crippen molar-refractivity contribution in [1.82, 2.24) is 4.90 Å². The second kappa shape index (κ2) is 11.5. The minimum Gasteiger partial charge on any atom is -0.510 e. The first kappa shape index (κ1) is 31.4. The highest BCUT2D eigenvalue weighted by Gasteiger charge is 2.63. The summed E-state index contributed by atoms with van der Waals surface area (Å²) in [5, 5.41) is 47.6. The number of nitrogens with zero attached hydrogens (tertiary/aromatic N) is 1. The number of esters is 1. The summed E-state index contributed by atoms with van der Waals surface area (Å²) in [6.07, 6.45) is -0.0211. The van der Waals surface area contributed by atoms with Crippen LogP contribution in [0.1, 0.15) is 35.2 Å². The number of ketones is 2. The lowest BCUT2D eigenvalue weighted by Crippen LogP contribution is -2.63. The van der Waals surface area contributed by atoms with Crippen molar-refractivity contribution in [3.63, 3.8) is 0 Å². The van der Waals surface area contributed by atoms with Gasteiger partial charge in [0.15, 0.2) is 11.4 Å². The number of phenolic OH excluding ortho intramolecular Hbond substituents is 1. The number of amides is 2. The number of rotatable bonds is 7. The maximum atomic E-state index is 13.9. The zero-order chi connectivity index (χ0) is 33.0. The van der Waals surface area contributed by atoms with Gasteiger partial charge in [-0.15, -0.1) is 0 Å². The van der Waals surface area contributed by atoms with E-state index in [4.69, 9.17) is 5.73 Å². The predicted octanol–water partition coefficient (Wildman–Crippen LogP) is 1.68. The maximum absolute atomic E-state index is 13.9. The van der Waals surface area contributed by atoms with Gasteiger partial charge in [-0.1, -0.05) is 18.2 Å². The number of nitrogens with one attached hydrogen (secondary N) is 1. The third-order valence-electron chi connectivity index (χ3n) is 8.87. The average molecular weight is 620 g/mol. The van der Waals surface area contributed by atoms with Gasteiger partial charge in [0.1, 0.15) is 22.8 Å². The van der Waals surface area contributed by atoms with Crippen LogP contribution in [0, 0.1) is 11.8 Å². The number of anilines is 1. The Hall–Kier alpha value is -5.01. The van der Waals surface area contributed by atoms with Crippen molar-refractivity contribution < 1.29 is 49.1 Å². The molecular formula is C32H33N3O10. The molecule has 4 atom stereocenters. The predicted molar refractivity (Wildman–Crippen MR) is 159 cm³/mol. The molecule has 0 saturated carbocycles. The number of nitrogens with two attached hydrogens (primary N) is 1. The van der Waals surface area contributed by atoms with Gasteiger partial charge in [0.05, 0.1) is 25.1 Å². The van der Waals surface area contributed by atoms with E-state index in [2.05, 4.69) is 10.1 Å². The van der Waals surface area contributed by atoms with Gasteiger partial charge in [0, 0.05) is 23.6 Å². The van der Waals surface area contributed by atoms with Crippen LogP contribution in [0.5, 0.6) is 5.75 Å². The monoisotopic (exact) mass is 619 g/mol. The van der Waals surface area contributed by atoms with Crippen LogP contribution in [0.2, 0.25) is 0 Å². The van der Waals surface area contributed by atoms with Gasteiger partial charge in [-0.2, -0.15) is 0 Å². The molecule has 0 aliphatic heterocycles. The third-order valence-corrected chi connectivity index (χ3v) is 8.87. The molecule has 5 rings (SSSR count). The molecular weight excluding hydrogens is 586 g/mol. The number of Topliss-reactive ketones (excluding diaryl/α,β-unsaturated/α-hetero) is 2. The Kier molecular flexibility index (Phi) is 8.02. The fraction of sp³-hybridized carbons (Fsp3) is 0.344. The molecule has 0 radical (unpaired) electrons. The first-order valence-electron chi connectivity index (χ1n) is 14.2. The molecule has 0 spiro atoms. The third kappa shape index (κ3) is 5.03. The molecule has 45 heavy (non-hydrogen) atoms. The number of aliphatic hydroxyl groups is 3. The van der Waals surface area contributed by atoms with Crippen molar-refractivity contribution in [3.8, 4) is 16.9 Å². The number of carbonyl (C=O) groups excluding carboxylic acids is 5. The number of hydrogen-bond donors (Lipinski definition) is 6. The van der Waals surface area contributed by atoms with Crippen LogP contribution < -0.4 is 11.1 Å². The van der Waals surface area contributed by atoms with Crippen LogP contribution >= 0.6 is 0 Å². The Bertz CT molecular complexity index is 1710. The molecule has 13 nitrogen and oxygen atoms in total. The fourth-order valence-electron chi connectivity index (χ4n) is 6.80. The minimum absolute atomic E-state index is 0.0304. The Morgan fingerprint density at radius 3 is 2.31 bits per heavy atom. The van der Waals surface area contributed by atoms with Crippen LogP contribution in [-0.4, -0.2) is 87.5 Å². The Labute approximate surface area is 257 Å². The smallest absolute Gasteiger partial charge is 0.306 e. The number of methoxy groups -OCH3 is 1. The number of aliphatic hydroxyl groups excluding tert-OH is 2. The number of aromatic hydroxyl groups is 1. The highest BCUT2D eigenvalue weighted by molar-refractivity contribution is 6.25. The lowest BCUT2D eigenvalue weighted by atomic mass is 9.58. The van der Waals surface area contributed by atoms with E-state index in [-0.39, 0.29) is 48.5 Å². The maximum Gasteiger partial charge on any atom is 0.306 e. The summed E-state index contributed by atoms with van der Waals surface area (Å²) in [6.45, 7) is 0. The summed E-state index contributed by atoms with van der Waals surface area (Å²) >= 11 is 0. The van der Waals surface area contributed by atoms with E-state index >= 15 is 0 Å². The summed E-state index contributed by atoms with van der Waals surface area (Å²) in [5.41, 5.74) is 3.65. The number of benzene rings is 2. The number of phenols is 1. The van der Waals surface area contributed by atoms with Gasteiger partial charge >= 0.3 is 5.97 Å². The van der Waals surface area contributed by atoms with Crippen LogP contribution in [0.3, 0.4) is 0 Å². The molecule has 2 amide bonds. The van der Waals surface area contributed by atoms with Crippen LogP contribution in [0.4, 0.5) is 5.69 Å².